The topological polar surface area (TPSA) is 118 Å². The Labute approximate surface area is 255 Å². The predicted molar refractivity (Wildman–Crippen MR) is 169 cm³/mol. The SMILES string of the molecule is COc1ccc(C(C(=O)NCc2ccccc2)N(C(=O)Cn2nnc3ccccc32)c2ccc(NC(=O)C(C)C)cc2)cc1. The van der Waals surface area contributed by atoms with Crippen molar-refractivity contribution in [2.75, 3.05) is 17.3 Å². The molecule has 3 amide bonds. The van der Waals surface area contributed by atoms with E-state index >= 15 is 0 Å². The van der Waals surface area contributed by atoms with E-state index in [-0.39, 0.29) is 36.7 Å². The molecule has 1 aromatic heterocycles. The lowest BCUT2D eigenvalue weighted by atomic mass is 10.0. The highest BCUT2D eigenvalue weighted by Crippen LogP contribution is 2.31. The summed E-state index contributed by atoms with van der Waals surface area (Å²) in [6, 6.07) is 29.8. The maximum Gasteiger partial charge on any atom is 0.249 e. The van der Waals surface area contributed by atoms with Gasteiger partial charge in [0.2, 0.25) is 17.7 Å². The molecular weight excluding hydrogens is 556 g/mol. The van der Waals surface area contributed by atoms with Crippen LogP contribution in [0.2, 0.25) is 0 Å². The minimum absolute atomic E-state index is 0.125. The van der Waals surface area contributed by atoms with Gasteiger partial charge in [0.05, 0.1) is 12.6 Å². The fourth-order valence-electron chi connectivity index (χ4n) is 4.75. The third kappa shape index (κ3) is 6.92. The van der Waals surface area contributed by atoms with Gasteiger partial charge in [-0.15, -0.1) is 5.10 Å². The van der Waals surface area contributed by atoms with E-state index in [1.165, 1.54) is 9.58 Å². The Morgan fingerprint density at radius 1 is 0.841 bits per heavy atom. The van der Waals surface area contributed by atoms with Gasteiger partial charge in [-0.25, -0.2) is 4.68 Å². The first-order chi connectivity index (χ1) is 21.3. The van der Waals surface area contributed by atoms with Crippen LogP contribution in [0.5, 0.6) is 5.75 Å². The zero-order valence-electron chi connectivity index (χ0n) is 24.8. The molecule has 2 N–H and O–H groups in total. The van der Waals surface area contributed by atoms with Crippen LogP contribution < -0.4 is 20.3 Å². The molecular formula is C34H34N6O4. The maximum atomic E-state index is 14.3. The van der Waals surface area contributed by atoms with Gasteiger partial charge in [0.15, 0.2) is 0 Å². The number of para-hydroxylation sites is 1. The van der Waals surface area contributed by atoms with Crippen LogP contribution in [0, 0.1) is 5.92 Å². The van der Waals surface area contributed by atoms with Crippen LogP contribution in [0.15, 0.2) is 103 Å². The molecule has 4 aromatic carbocycles. The summed E-state index contributed by atoms with van der Waals surface area (Å²) < 4.78 is 6.87. The number of amides is 3. The summed E-state index contributed by atoms with van der Waals surface area (Å²) in [6.45, 7) is 3.74. The molecule has 224 valence electrons. The van der Waals surface area contributed by atoms with Gasteiger partial charge in [-0.05, 0) is 59.7 Å². The highest BCUT2D eigenvalue weighted by atomic mass is 16.5. The Balaban J connectivity index is 1.55. The highest BCUT2D eigenvalue weighted by molar-refractivity contribution is 6.02. The van der Waals surface area contributed by atoms with Gasteiger partial charge in [-0.2, -0.15) is 0 Å². The normalized spacial score (nSPS) is 11.6. The molecule has 0 spiro atoms. The zero-order chi connectivity index (χ0) is 31.1. The Hall–Kier alpha value is -5.51. The molecule has 1 heterocycles. The van der Waals surface area contributed by atoms with Gasteiger partial charge in [0, 0.05) is 23.8 Å². The molecule has 0 fully saturated rings. The molecule has 44 heavy (non-hydrogen) atoms. The second-order valence-corrected chi connectivity index (χ2v) is 10.6. The lowest BCUT2D eigenvalue weighted by Crippen LogP contribution is -2.45. The first-order valence-corrected chi connectivity index (χ1v) is 14.3. The van der Waals surface area contributed by atoms with E-state index in [1.54, 1.807) is 55.6 Å². The number of nitrogens with one attached hydrogen (secondary N) is 2. The molecule has 10 nitrogen and oxygen atoms in total. The van der Waals surface area contributed by atoms with Crippen LogP contribution in [0.1, 0.15) is 31.0 Å². The Bertz CT molecular complexity index is 1730. The van der Waals surface area contributed by atoms with E-state index in [1.807, 2.05) is 68.4 Å². The molecule has 0 aliphatic carbocycles. The molecule has 0 radical (unpaired) electrons. The zero-order valence-corrected chi connectivity index (χ0v) is 24.8. The predicted octanol–water partition coefficient (Wildman–Crippen LogP) is 5.13. The smallest absolute Gasteiger partial charge is 0.249 e. The summed E-state index contributed by atoms with van der Waals surface area (Å²) in [5.74, 6) is -0.448. The number of benzene rings is 4. The summed E-state index contributed by atoms with van der Waals surface area (Å²) >= 11 is 0. The van der Waals surface area contributed by atoms with Crippen molar-refractivity contribution in [1.82, 2.24) is 20.3 Å². The average molecular weight is 591 g/mol. The number of hydrogen-bond acceptors (Lipinski definition) is 6. The van der Waals surface area contributed by atoms with Gasteiger partial charge in [-0.3, -0.25) is 19.3 Å². The third-order valence-corrected chi connectivity index (χ3v) is 7.16. The number of hydrogen-bond donors (Lipinski definition) is 2. The number of nitrogens with zero attached hydrogens (tertiary/aromatic N) is 4. The molecule has 5 aromatic rings. The summed E-state index contributed by atoms with van der Waals surface area (Å²) in [7, 11) is 1.57. The van der Waals surface area contributed by atoms with Gasteiger partial charge >= 0.3 is 0 Å². The van der Waals surface area contributed by atoms with Crippen LogP contribution in [0.3, 0.4) is 0 Å². The van der Waals surface area contributed by atoms with E-state index in [9.17, 15) is 14.4 Å². The van der Waals surface area contributed by atoms with Crippen LogP contribution in [0.4, 0.5) is 11.4 Å². The van der Waals surface area contributed by atoms with E-state index in [2.05, 4.69) is 20.9 Å². The average Bonchev–Trinajstić information content (AvgIpc) is 3.46. The maximum absolute atomic E-state index is 14.3. The number of methoxy groups -OCH3 is 1. The largest absolute Gasteiger partial charge is 0.497 e. The second kappa shape index (κ2) is 13.6. The van der Waals surface area contributed by atoms with Crippen LogP contribution in [-0.2, 0) is 27.5 Å². The molecule has 0 saturated heterocycles. The number of aromatic nitrogens is 3. The third-order valence-electron chi connectivity index (χ3n) is 7.16. The van der Waals surface area contributed by atoms with Gasteiger partial charge in [-0.1, -0.05) is 73.7 Å². The highest BCUT2D eigenvalue weighted by Gasteiger charge is 2.33. The Morgan fingerprint density at radius 2 is 1.52 bits per heavy atom. The van der Waals surface area contributed by atoms with Gasteiger partial charge < -0.3 is 15.4 Å². The fraction of sp³-hybridized carbons (Fsp3) is 0.206. The van der Waals surface area contributed by atoms with Crippen molar-refractivity contribution in [3.8, 4) is 5.75 Å². The summed E-state index contributed by atoms with van der Waals surface area (Å²) in [5, 5.41) is 14.3. The van der Waals surface area contributed by atoms with Crippen LogP contribution in [0.25, 0.3) is 11.0 Å². The number of carbonyl (C=O) groups is 3. The molecule has 0 saturated carbocycles. The number of anilines is 2. The quantitative estimate of drug-likeness (QED) is 0.220. The lowest BCUT2D eigenvalue weighted by Gasteiger charge is -2.32. The fourth-order valence-corrected chi connectivity index (χ4v) is 4.75. The van der Waals surface area contributed by atoms with Crippen molar-refractivity contribution in [2.45, 2.75) is 33.0 Å². The summed E-state index contributed by atoms with van der Waals surface area (Å²) in [4.78, 5) is 42.1. The monoisotopic (exact) mass is 590 g/mol. The number of rotatable bonds is 11. The number of carbonyl (C=O) groups excluding carboxylic acids is 3. The Kier molecular flexibility index (Phi) is 9.29. The van der Waals surface area contributed by atoms with Crippen molar-refractivity contribution in [1.29, 1.82) is 0 Å². The molecule has 1 unspecified atom stereocenters. The van der Waals surface area contributed by atoms with Gasteiger partial charge in [0.25, 0.3) is 0 Å². The Morgan fingerprint density at radius 3 is 2.20 bits per heavy atom. The van der Waals surface area contributed by atoms with Crippen molar-refractivity contribution >= 4 is 40.1 Å². The van der Waals surface area contributed by atoms with E-state index in [0.29, 0.717) is 33.7 Å². The van der Waals surface area contributed by atoms with Crippen molar-refractivity contribution in [3.05, 3.63) is 114 Å². The molecule has 0 bridgehead atoms. The van der Waals surface area contributed by atoms with Crippen molar-refractivity contribution < 1.29 is 19.1 Å². The number of ether oxygens (including phenoxy) is 1. The van der Waals surface area contributed by atoms with E-state index in [0.717, 1.165) is 5.56 Å². The van der Waals surface area contributed by atoms with Crippen molar-refractivity contribution in [3.63, 3.8) is 0 Å². The minimum atomic E-state index is -1.04. The van der Waals surface area contributed by atoms with E-state index in [4.69, 9.17) is 4.74 Å². The van der Waals surface area contributed by atoms with E-state index < -0.39 is 6.04 Å². The summed E-state index contributed by atoms with van der Waals surface area (Å²) in [5.41, 5.74) is 3.91. The van der Waals surface area contributed by atoms with Crippen molar-refractivity contribution in [2.24, 2.45) is 5.92 Å². The standard InChI is InChI=1S/C34H34N6O4/c1-23(2)33(42)36-26-15-17-27(18-16-26)40(31(41)22-39-30-12-8-7-11-29(30)37-38-39)32(25-13-19-28(44-3)20-14-25)34(43)35-21-24-9-5-4-6-10-24/h4-20,23,32H,21-22H2,1-3H3,(H,35,43)(H,36,42). The minimum Gasteiger partial charge on any atom is -0.497 e. The summed E-state index contributed by atoms with van der Waals surface area (Å²) in [6.07, 6.45) is 0. The first kappa shape index (κ1) is 30.0. The molecule has 10 heteroatoms. The molecule has 1 atom stereocenters. The first-order valence-electron chi connectivity index (χ1n) is 14.3. The second-order valence-electron chi connectivity index (χ2n) is 10.6. The molecule has 0 aliphatic rings. The lowest BCUT2D eigenvalue weighted by molar-refractivity contribution is -0.127. The van der Waals surface area contributed by atoms with Crippen LogP contribution in [-0.4, -0.2) is 39.8 Å². The van der Waals surface area contributed by atoms with Crippen LogP contribution >= 0.6 is 0 Å². The van der Waals surface area contributed by atoms with Gasteiger partial charge in [0.1, 0.15) is 23.9 Å². The number of fused-ring (bicyclic) bond motifs is 1. The molecule has 0 aliphatic heterocycles. The molecule has 5 rings (SSSR count).